The lowest BCUT2D eigenvalue weighted by Gasteiger charge is -2.24. The number of alkyl halides is 1. The highest BCUT2D eigenvalue weighted by Gasteiger charge is 2.55. The number of halogens is 1. The first-order chi connectivity index (χ1) is 6.94. The lowest BCUT2D eigenvalue weighted by atomic mass is 10.1. The molecule has 0 aromatic carbocycles. The fourth-order valence-corrected chi connectivity index (χ4v) is 2.51. The fourth-order valence-electron chi connectivity index (χ4n) is 1.92. The van der Waals surface area contributed by atoms with Crippen molar-refractivity contribution >= 4 is 22.6 Å². The molecule has 0 unspecified atom stereocenters. The van der Waals surface area contributed by atoms with Crippen LogP contribution in [0.25, 0.3) is 0 Å². The molecule has 15 heavy (non-hydrogen) atoms. The van der Waals surface area contributed by atoms with Gasteiger partial charge >= 0.3 is 0 Å². The van der Waals surface area contributed by atoms with Crippen molar-refractivity contribution in [1.29, 1.82) is 0 Å². The Balaban J connectivity index is 2.05. The molecule has 2 saturated heterocycles. The topological polar surface area (TPSA) is 68.2 Å². The van der Waals surface area contributed by atoms with Gasteiger partial charge in [0.2, 0.25) is 0 Å². The molecule has 0 amide bonds. The summed E-state index contributed by atoms with van der Waals surface area (Å²) in [5.41, 5.74) is 0. The van der Waals surface area contributed by atoms with Gasteiger partial charge in [-0.15, -0.1) is 0 Å². The summed E-state index contributed by atoms with van der Waals surface area (Å²) in [5, 5.41) is 18.9. The molecule has 0 aliphatic carbocycles. The van der Waals surface area contributed by atoms with Crippen molar-refractivity contribution in [2.75, 3.05) is 6.61 Å². The summed E-state index contributed by atoms with van der Waals surface area (Å²) < 4.78 is 16.4. The Hall–Kier alpha value is 0.530. The van der Waals surface area contributed by atoms with E-state index in [4.69, 9.17) is 19.3 Å². The highest BCUT2D eigenvalue weighted by molar-refractivity contribution is 14.1. The Bertz CT molecular complexity index is 247. The molecule has 88 valence electrons. The van der Waals surface area contributed by atoms with Gasteiger partial charge in [-0.25, -0.2) is 0 Å². The van der Waals surface area contributed by atoms with Crippen LogP contribution in [0.3, 0.4) is 0 Å². The van der Waals surface area contributed by atoms with Crippen LogP contribution in [-0.2, 0) is 14.2 Å². The summed E-state index contributed by atoms with van der Waals surface area (Å²) >= 11 is 2.05. The van der Waals surface area contributed by atoms with Crippen molar-refractivity contribution in [1.82, 2.24) is 0 Å². The molecule has 0 bridgehead atoms. The second-order valence-corrected chi connectivity index (χ2v) is 5.86. The molecule has 5 atom stereocenters. The Morgan fingerprint density at radius 1 is 1.40 bits per heavy atom. The second-order valence-electron chi connectivity index (χ2n) is 4.26. The Labute approximate surface area is 102 Å². The first-order valence-corrected chi connectivity index (χ1v) is 6.13. The molecule has 2 rings (SSSR count). The average molecular weight is 330 g/mol. The number of hydrogen-bond donors (Lipinski definition) is 2. The Kier molecular flexibility index (Phi) is 3.26. The molecule has 0 aromatic rings. The van der Waals surface area contributed by atoms with Crippen LogP contribution in [0.4, 0.5) is 0 Å². The Morgan fingerprint density at radius 2 is 2.07 bits per heavy atom. The van der Waals surface area contributed by atoms with Crippen molar-refractivity contribution in [2.24, 2.45) is 0 Å². The van der Waals surface area contributed by atoms with E-state index in [1.807, 2.05) is 22.6 Å². The summed E-state index contributed by atoms with van der Waals surface area (Å²) in [7, 11) is 0. The zero-order valence-corrected chi connectivity index (χ0v) is 10.7. The van der Waals surface area contributed by atoms with Crippen LogP contribution in [0.2, 0.25) is 0 Å². The van der Waals surface area contributed by atoms with E-state index in [2.05, 4.69) is 0 Å². The zero-order chi connectivity index (χ0) is 11.2. The van der Waals surface area contributed by atoms with E-state index in [-0.39, 0.29) is 10.5 Å². The molecule has 0 radical (unpaired) electrons. The van der Waals surface area contributed by atoms with Gasteiger partial charge in [0.25, 0.3) is 0 Å². The first-order valence-electron chi connectivity index (χ1n) is 4.89. The van der Waals surface area contributed by atoms with Gasteiger partial charge in [-0.1, -0.05) is 22.6 Å². The van der Waals surface area contributed by atoms with Gasteiger partial charge in [-0.3, -0.25) is 0 Å². The molecule has 0 spiro atoms. The van der Waals surface area contributed by atoms with Crippen molar-refractivity contribution in [2.45, 2.75) is 48.2 Å². The zero-order valence-electron chi connectivity index (χ0n) is 8.59. The SMILES string of the molecule is CC1(C)O[C@H]2O[C@H]([C@H](I)CO)[C@H](O)[C@H]2O1. The largest absolute Gasteiger partial charge is 0.395 e. The van der Waals surface area contributed by atoms with Crippen LogP contribution in [0, 0.1) is 0 Å². The third-order valence-electron chi connectivity index (χ3n) is 2.58. The number of aliphatic hydroxyl groups excluding tert-OH is 2. The molecule has 2 fully saturated rings. The minimum Gasteiger partial charge on any atom is -0.395 e. The maximum atomic E-state index is 9.95. The smallest absolute Gasteiger partial charge is 0.190 e. The number of fused-ring (bicyclic) bond motifs is 1. The van der Waals surface area contributed by atoms with Crippen LogP contribution in [0.5, 0.6) is 0 Å². The average Bonchev–Trinajstić information content (AvgIpc) is 2.60. The van der Waals surface area contributed by atoms with Crippen LogP contribution in [0.1, 0.15) is 13.8 Å². The first kappa shape index (κ1) is 12.0. The molecule has 2 N–H and O–H groups in total. The van der Waals surface area contributed by atoms with Gasteiger partial charge in [0.15, 0.2) is 12.1 Å². The third-order valence-corrected chi connectivity index (χ3v) is 3.69. The predicted octanol–water partition coefficient (Wildman–Crippen LogP) is 0.0196. The lowest BCUT2D eigenvalue weighted by Crippen LogP contribution is -2.39. The summed E-state index contributed by atoms with van der Waals surface area (Å²) in [6.45, 7) is 3.53. The van der Waals surface area contributed by atoms with E-state index in [1.165, 1.54) is 0 Å². The third kappa shape index (κ3) is 2.16. The van der Waals surface area contributed by atoms with E-state index in [0.29, 0.717) is 0 Å². The molecular formula is C9H15IO5. The summed E-state index contributed by atoms with van der Waals surface area (Å²) in [6, 6.07) is 0. The maximum Gasteiger partial charge on any atom is 0.190 e. The normalized spacial score (nSPS) is 45.4. The minimum absolute atomic E-state index is 0.0366. The van der Waals surface area contributed by atoms with Crippen LogP contribution in [0.15, 0.2) is 0 Å². The van der Waals surface area contributed by atoms with Gasteiger partial charge in [-0.05, 0) is 13.8 Å². The molecule has 0 aromatic heterocycles. The molecular weight excluding hydrogens is 315 g/mol. The van der Waals surface area contributed by atoms with Crippen LogP contribution >= 0.6 is 22.6 Å². The number of aliphatic hydroxyl groups is 2. The van der Waals surface area contributed by atoms with Gasteiger partial charge in [0.1, 0.15) is 18.3 Å². The second kappa shape index (κ2) is 4.08. The van der Waals surface area contributed by atoms with E-state index in [1.54, 1.807) is 13.8 Å². The summed E-state index contributed by atoms with van der Waals surface area (Å²) in [4.78, 5) is 0. The highest BCUT2D eigenvalue weighted by Crippen LogP contribution is 2.39. The van der Waals surface area contributed by atoms with Gasteiger partial charge in [-0.2, -0.15) is 0 Å². The molecule has 2 aliphatic heterocycles. The summed E-state index contributed by atoms with van der Waals surface area (Å²) in [6.07, 6.45) is -2.15. The van der Waals surface area contributed by atoms with E-state index in [9.17, 15) is 5.11 Å². The molecule has 6 heteroatoms. The molecule has 2 heterocycles. The predicted molar refractivity (Wildman–Crippen MR) is 59.6 cm³/mol. The Morgan fingerprint density at radius 3 is 2.60 bits per heavy atom. The van der Waals surface area contributed by atoms with Gasteiger partial charge in [0.05, 0.1) is 10.5 Å². The maximum absolute atomic E-state index is 9.95. The van der Waals surface area contributed by atoms with Gasteiger partial charge in [0, 0.05) is 0 Å². The summed E-state index contributed by atoms with van der Waals surface area (Å²) in [5.74, 6) is -0.707. The monoisotopic (exact) mass is 330 g/mol. The quantitative estimate of drug-likeness (QED) is 0.552. The lowest BCUT2D eigenvalue weighted by molar-refractivity contribution is -0.214. The van der Waals surface area contributed by atoms with Crippen LogP contribution < -0.4 is 0 Å². The van der Waals surface area contributed by atoms with E-state index in [0.717, 1.165) is 0 Å². The number of ether oxygens (including phenoxy) is 3. The molecule has 2 aliphatic rings. The van der Waals surface area contributed by atoms with Crippen LogP contribution in [-0.4, -0.2) is 51.1 Å². The van der Waals surface area contributed by atoms with Crippen molar-refractivity contribution in [3.63, 3.8) is 0 Å². The fraction of sp³-hybridized carbons (Fsp3) is 1.00. The van der Waals surface area contributed by atoms with Crippen molar-refractivity contribution in [3.05, 3.63) is 0 Å². The van der Waals surface area contributed by atoms with Crippen molar-refractivity contribution in [3.8, 4) is 0 Å². The van der Waals surface area contributed by atoms with Gasteiger partial charge < -0.3 is 24.4 Å². The molecule has 5 nitrogen and oxygen atoms in total. The van der Waals surface area contributed by atoms with E-state index < -0.39 is 30.4 Å². The number of rotatable bonds is 2. The molecule has 0 saturated carbocycles. The minimum atomic E-state index is -0.745. The van der Waals surface area contributed by atoms with E-state index >= 15 is 0 Å². The number of hydrogen-bond acceptors (Lipinski definition) is 5. The van der Waals surface area contributed by atoms with Crippen molar-refractivity contribution < 1.29 is 24.4 Å². The standard InChI is InChI=1S/C9H15IO5/c1-9(2)14-7-5(12)6(4(10)3-11)13-8(7)15-9/h4-8,11-12H,3H2,1-2H3/t4-,5+,6-,7-,8-/m1/s1. The highest BCUT2D eigenvalue weighted by atomic mass is 127.